The van der Waals surface area contributed by atoms with E-state index in [9.17, 15) is 9.59 Å². The van der Waals surface area contributed by atoms with Gasteiger partial charge in [0.2, 0.25) is 0 Å². The van der Waals surface area contributed by atoms with Gasteiger partial charge in [-0.15, -0.1) is 0 Å². The summed E-state index contributed by atoms with van der Waals surface area (Å²) in [5.74, 6) is -0.332. The Morgan fingerprint density at radius 1 is 0.967 bits per heavy atom. The molecule has 4 heteroatoms. The lowest BCUT2D eigenvalue weighted by Crippen LogP contribution is -2.29. The van der Waals surface area contributed by atoms with Crippen molar-refractivity contribution in [1.82, 2.24) is 4.57 Å². The maximum Gasteiger partial charge on any atom is 0.261 e. The first-order valence-corrected chi connectivity index (χ1v) is 10.6. The number of hydrogen-bond acceptors (Lipinski definition) is 2. The molecule has 0 saturated heterocycles. The highest BCUT2D eigenvalue weighted by Gasteiger charge is 2.20. The molecule has 0 atom stereocenters. The summed E-state index contributed by atoms with van der Waals surface area (Å²) in [6.45, 7) is 8.77. The molecule has 3 rings (SSSR count). The van der Waals surface area contributed by atoms with Crippen LogP contribution in [0.1, 0.15) is 52.3 Å². The average molecular weight is 403 g/mol. The molecule has 1 aromatic heterocycles. The van der Waals surface area contributed by atoms with E-state index in [0.29, 0.717) is 6.42 Å². The Balaban J connectivity index is 2.00. The number of aryl methyl sites for hydroxylation is 3. The number of pyridine rings is 1. The van der Waals surface area contributed by atoms with E-state index in [4.69, 9.17) is 0 Å². The van der Waals surface area contributed by atoms with Crippen LogP contribution in [0.4, 0.5) is 5.69 Å². The smallest absolute Gasteiger partial charge is 0.261 e. The molecule has 0 aliphatic rings. The van der Waals surface area contributed by atoms with Gasteiger partial charge in [0.25, 0.3) is 5.91 Å². The minimum Gasteiger partial charge on any atom is -0.347 e. The number of carbonyl (C=O) groups excluding carboxylic acids is 1. The minimum atomic E-state index is -0.332. The van der Waals surface area contributed by atoms with Crippen LogP contribution in [-0.4, -0.2) is 10.5 Å². The molecule has 0 spiro atoms. The van der Waals surface area contributed by atoms with Crippen LogP contribution in [0.5, 0.6) is 0 Å². The summed E-state index contributed by atoms with van der Waals surface area (Å²) in [4.78, 5) is 26.1. The molecule has 0 fully saturated rings. The molecule has 156 valence electrons. The first kappa shape index (κ1) is 21.6. The van der Waals surface area contributed by atoms with Crippen molar-refractivity contribution in [3.8, 4) is 0 Å². The molecule has 30 heavy (non-hydrogen) atoms. The van der Waals surface area contributed by atoms with Gasteiger partial charge in [-0.25, -0.2) is 0 Å². The third-order valence-corrected chi connectivity index (χ3v) is 5.75. The number of anilines is 1. The van der Waals surface area contributed by atoms with Crippen LogP contribution in [0, 0.1) is 13.8 Å². The Morgan fingerprint density at radius 2 is 1.70 bits per heavy atom. The van der Waals surface area contributed by atoms with Gasteiger partial charge in [-0.1, -0.05) is 56.3 Å². The maximum atomic E-state index is 13.2. The van der Waals surface area contributed by atoms with Crippen LogP contribution >= 0.6 is 0 Å². The van der Waals surface area contributed by atoms with Crippen molar-refractivity contribution in [2.75, 3.05) is 5.32 Å². The summed E-state index contributed by atoms with van der Waals surface area (Å²) >= 11 is 0. The van der Waals surface area contributed by atoms with E-state index in [0.717, 1.165) is 47.6 Å². The van der Waals surface area contributed by atoms with Gasteiger partial charge in [0, 0.05) is 29.7 Å². The molecular formula is C26H30N2O2. The number of amides is 1. The van der Waals surface area contributed by atoms with Gasteiger partial charge >= 0.3 is 0 Å². The van der Waals surface area contributed by atoms with Gasteiger partial charge in [0.05, 0.1) is 0 Å². The lowest BCUT2D eigenvalue weighted by Gasteiger charge is -2.21. The lowest BCUT2D eigenvalue weighted by molar-refractivity contribution is 0.102. The Labute approximate surface area is 178 Å². The van der Waals surface area contributed by atoms with Gasteiger partial charge in [0.15, 0.2) is 5.43 Å². The van der Waals surface area contributed by atoms with E-state index >= 15 is 0 Å². The maximum absolute atomic E-state index is 13.2. The molecule has 1 heterocycles. The van der Waals surface area contributed by atoms with Crippen molar-refractivity contribution in [2.45, 2.75) is 53.5 Å². The number of carbonyl (C=O) groups is 1. The molecule has 2 aromatic carbocycles. The molecule has 0 saturated carbocycles. The van der Waals surface area contributed by atoms with Crippen LogP contribution in [-0.2, 0) is 25.8 Å². The SMILES string of the molecule is CCc1cc(=O)c(C(=O)Nc2cccc(C)c2C)c(CC)n1CCc1ccccc1. The second kappa shape index (κ2) is 9.57. The van der Waals surface area contributed by atoms with Crippen molar-refractivity contribution in [1.29, 1.82) is 0 Å². The first-order chi connectivity index (χ1) is 14.5. The quantitative estimate of drug-likeness (QED) is 0.599. The van der Waals surface area contributed by atoms with E-state index in [2.05, 4.69) is 22.0 Å². The zero-order valence-corrected chi connectivity index (χ0v) is 18.3. The number of nitrogens with one attached hydrogen (secondary N) is 1. The van der Waals surface area contributed by atoms with Crippen LogP contribution in [0.3, 0.4) is 0 Å². The van der Waals surface area contributed by atoms with E-state index in [-0.39, 0.29) is 16.9 Å². The van der Waals surface area contributed by atoms with Crippen LogP contribution < -0.4 is 10.7 Å². The predicted molar refractivity (Wildman–Crippen MR) is 123 cm³/mol. The zero-order chi connectivity index (χ0) is 21.7. The van der Waals surface area contributed by atoms with Crippen molar-refractivity contribution in [2.24, 2.45) is 0 Å². The highest BCUT2D eigenvalue weighted by molar-refractivity contribution is 6.05. The molecule has 0 unspecified atom stereocenters. The fourth-order valence-corrected chi connectivity index (χ4v) is 3.89. The first-order valence-electron chi connectivity index (χ1n) is 10.6. The van der Waals surface area contributed by atoms with Crippen molar-refractivity contribution >= 4 is 11.6 Å². The van der Waals surface area contributed by atoms with E-state index in [1.54, 1.807) is 6.07 Å². The third kappa shape index (κ3) is 4.54. The van der Waals surface area contributed by atoms with Crippen molar-refractivity contribution in [3.63, 3.8) is 0 Å². The Bertz CT molecular complexity index is 1100. The number of hydrogen-bond donors (Lipinski definition) is 1. The highest BCUT2D eigenvalue weighted by Crippen LogP contribution is 2.20. The van der Waals surface area contributed by atoms with E-state index < -0.39 is 0 Å². The standard InChI is InChI=1S/C26H30N2O2/c1-5-21-17-24(29)25(26(30)27-22-14-10-11-18(3)19(22)4)23(6-2)28(21)16-15-20-12-8-7-9-13-20/h7-14,17H,5-6,15-16H2,1-4H3,(H,27,30). The fourth-order valence-electron chi connectivity index (χ4n) is 3.89. The molecule has 4 nitrogen and oxygen atoms in total. The monoisotopic (exact) mass is 402 g/mol. The Hall–Kier alpha value is -3.14. The van der Waals surface area contributed by atoms with E-state index in [1.165, 1.54) is 5.56 Å². The topological polar surface area (TPSA) is 51.1 Å². The van der Waals surface area contributed by atoms with Gasteiger partial charge in [-0.2, -0.15) is 0 Å². The van der Waals surface area contributed by atoms with Crippen molar-refractivity contribution in [3.05, 3.63) is 98.5 Å². The van der Waals surface area contributed by atoms with Gasteiger partial charge in [-0.05, 0) is 55.9 Å². The van der Waals surface area contributed by atoms with Gasteiger partial charge in [0.1, 0.15) is 5.56 Å². The minimum absolute atomic E-state index is 0.206. The summed E-state index contributed by atoms with van der Waals surface area (Å²) < 4.78 is 2.16. The molecule has 3 aromatic rings. The second-order valence-corrected chi connectivity index (χ2v) is 7.62. The van der Waals surface area contributed by atoms with Gasteiger partial charge < -0.3 is 9.88 Å². The van der Waals surface area contributed by atoms with Crippen LogP contribution in [0.25, 0.3) is 0 Å². The zero-order valence-electron chi connectivity index (χ0n) is 18.3. The molecule has 1 N–H and O–H groups in total. The summed E-state index contributed by atoms with van der Waals surface area (Å²) in [5.41, 5.74) is 5.92. The Morgan fingerprint density at radius 3 is 2.37 bits per heavy atom. The van der Waals surface area contributed by atoms with Crippen LogP contribution in [0.15, 0.2) is 59.4 Å². The molecule has 0 aliphatic carbocycles. The normalized spacial score (nSPS) is 10.8. The molecule has 0 bridgehead atoms. The summed E-state index contributed by atoms with van der Waals surface area (Å²) in [6.07, 6.45) is 2.21. The summed E-state index contributed by atoms with van der Waals surface area (Å²) in [7, 11) is 0. The number of benzene rings is 2. The largest absolute Gasteiger partial charge is 0.347 e. The van der Waals surface area contributed by atoms with E-state index in [1.807, 2.05) is 64.1 Å². The molecule has 0 radical (unpaired) electrons. The Kier molecular flexibility index (Phi) is 6.88. The van der Waals surface area contributed by atoms with Crippen molar-refractivity contribution < 1.29 is 4.79 Å². The van der Waals surface area contributed by atoms with Crippen LogP contribution in [0.2, 0.25) is 0 Å². The second-order valence-electron chi connectivity index (χ2n) is 7.62. The van der Waals surface area contributed by atoms with Gasteiger partial charge in [-0.3, -0.25) is 9.59 Å². The number of rotatable bonds is 7. The average Bonchev–Trinajstić information content (AvgIpc) is 2.75. The number of aromatic nitrogens is 1. The third-order valence-electron chi connectivity index (χ3n) is 5.75. The molecular weight excluding hydrogens is 372 g/mol. The highest BCUT2D eigenvalue weighted by atomic mass is 16.2. The lowest BCUT2D eigenvalue weighted by atomic mass is 10.0. The number of nitrogens with zero attached hydrogens (tertiary/aromatic N) is 1. The fraction of sp³-hybridized carbons (Fsp3) is 0.308. The summed E-state index contributed by atoms with van der Waals surface area (Å²) in [6, 6.07) is 17.7. The molecule has 1 amide bonds. The molecule has 0 aliphatic heterocycles. The summed E-state index contributed by atoms with van der Waals surface area (Å²) in [5, 5.41) is 2.97. The predicted octanol–water partition coefficient (Wildman–Crippen LogP) is 5.08.